The largest absolute Gasteiger partial charge is 0.493 e. The van der Waals surface area contributed by atoms with E-state index in [4.69, 9.17) is 9.57 Å². The van der Waals surface area contributed by atoms with E-state index in [1.165, 1.54) is 43.5 Å². The van der Waals surface area contributed by atoms with E-state index in [9.17, 15) is 14.9 Å². The SMILES string of the molecule is COc1cc(C=O)ccc1ON=Nc1ccc([N+](=O)[O-])cc1. The quantitative estimate of drug-likeness (QED) is 0.351. The van der Waals surface area contributed by atoms with E-state index in [2.05, 4.69) is 10.4 Å². The molecular formula is C14H11N3O5. The van der Waals surface area contributed by atoms with E-state index < -0.39 is 4.92 Å². The summed E-state index contributed by atoms with van der Waals surface area (Å²) in [7, 11) is 1.43. The van der Waals surface area contributed by atoms with Crippen molar-refractivity contribution in [1.29, 1.82) is 0 Å². The van der Waals surface area contributed by atoms with E-state index in [-0.39, 0.29) is 5.69 Å². The molecule has 0 atom stereocenters. The van der Waals surface area contributed by atoms with Gasteiger partial charge in [-0.15, -0.1) is 5.11 Å². The first kappa shape index (κ1) is 15.1. The number of nitro benzene ring substituents is 1. The molecule has 0 aliphatic carbocycles. The van der Waals surface area contributed by atoms with Crippen LogP contribution in [0.3, 0.4) is 0 Å². The van der Waals surface area contributed by atoms with E-state index in [0.29, 0.717) is 29.0 Å². The van der Waals surface area contributed by atoms with E-state index in [1.807, 2.05) is 0 Å². The maximum atomic E-state index is 10.7. The highest BCUT2D eigenvalue weighted by Gasteiger charge is 2.06. The Balaban J connectivity index is 2.08. The maximum Gasteiger partial charge on any atom is 0.269 e. The molecule has 8 heteroatoms. The molecular weight excluding hydrogens is 290 g/mol. The van der Waals surface area contributed by atoms with Crippen LogP contribution < -0.4 is 9.57 Å². The molecule has 0 aromatic heterocycles. The summed E-state index contributed by atoms with van der Waals surface area (Å²) in [5.41, 5.74) is 0.802. The highest BCUT2D eigenvalue weighted by molar-refractivity contribution is 5.76. The number of hydrogen-bond acceptors (Lipinski definition) is 7. The van der Waals surface area contributed by atoms with Crippen molar-refractivity contribution >= 4 is 17.7 Å². The van der Waals surface area contributed by atoms with E-state index in [1.54, 1.807) is 6.07 Å². The van der Waals surface area contributed by atoms with Gasteiger partial charge in [0.15, 0.2) is 5.75 Å². The second-order valence-corrected chi connectivity index (χ2v) is 4.07. The third kappa shape index (κ3) is 3.63. The maximum absolute atomic E-state index is 10.7. The second-order valence-electron chi connectivity index (χ2n) is 4.07. The topological polar surface area (TPSA) is 103 Å². The number of hydrogen-bond donors (Lipinski definition) is 0. The van der Waals surface area contributed by atoms with Gasteiger partial charge in [0.25, 0.3) is 5.69 Å². The highest BCUT2D eigenvalue weighted by atomic mass is 16.7. The molecule has 22 heavy (non-hydrogen) atoms. The number of aldehydes is 1. The van der Waals surface area contributed by atoms with Crippen LogP contribution in [0.4, 0.5) is 11.4 Å². The predicted molar refractivity (Wildman–Crippen MR) is 76.6 cm³/mol. The fraction of sp³-hybridized carbons (Fsp3) is 0.0714. The van der Waals surface area contributed by atoms with Crippen molar-refractivity contribution in [3.05, 3.63) is 58.1 Å². The number of nitrogens with zero attached hydrogens (tertiary/aromatic N) is 3. The van der Waals surface area contributed by atoms with Gasteiger partial charge in [0.2, 0.25) is 5.75 Å². The minimum Gasteiger partial charge on any atom is -0.493 e. The zero-order valence-electron chi connectivity index (χ0n) is 11.5. The van der Waals surface area contributed by atoms with Crippen LogP contribution in [0.1, 0.15) is 10.4 Å². The molecule has 0 unspecified atom stereocenters. The Labute approximate surface area is 125 Å². The Morgan fingerprint density at radius 3 is 2.45 bits per heavy atom. The number of carbonyl (C=O) groups excluding carboxylic acids is 1. The van der Waals surface area contributed by atoms with Crippen molar-refractivity contribution < 1.29 is 19.3 Å². The molecule has 0 saturated heterocycles. The lowest BCUT2D eigenvalue weighted by molar-refractivity contribution is -0.384. The molecule has 0 bridgehead atoms. The Bertz CT molecular complexity index is 713. The molecule has 0 saturated carbocycles. The van der Waals surface area contributed by atoms with Gasteiger partial charge in [-0.2, -0.15) is 0 Å². The zero-order chi connectivity index (χ0) is 15.9. The average Bonchev–Trinajstić information content (AvgIpc) is 2.55. The first-order valence-electron chi connectivity index (χ1n) is 6.10. The number of nitro groups is 1. The standard InChI is InChI=1S/C14H11N3O5/c1-21-14-8-10(9-18)2-7-13(14)22-16-15-11-3-5-12(6-4-11)17(19)20/h2-9H,1H3. The van der Waals surface area contributed by atoms with Crippen LogP contribution in [0.5, 0.6) is 11.5 Å². The Kier molecular flexibility index (Phi) is 4.76. The van der Waals surface area contributed by atoms with Gasteiger partial charge in [0, 0.05) is 23.0 Å². The Morgan fingerprint density at radius 1 is 1.14 bits per heavy atom. The number of benzene rings is 2. The third-order valence-corrected chi connectivity index (χ3v) is 2.68. The van der Waals surface area contributed by atoms with Gasteiger partial charge in [0.1, 0.15) is 6.29 Å². The first-order chi connectivity index (χ1) is 10.6. The van der Waals surface area contributed by atoms with E-state index in [0.717, 1.165) is 0 Å². The van der Waals surface area contributed by atoms with Crippen molar-refractivity contribution in [2.24, 2.45) is 10.4 Å². The van der Waals surface area contributed by atoms with Gasteiger partial charge in [-0.3, -0.25) is 14.9 Å². The summed E-state index contributed by atoms with van der Waals surface area (Å²) in [6, 6.07) is 10.1. The van der Waals surface area contributed by atoms with Gasteiger partial charge in [-0.1, -0.05) is 0 Å². The van der Waals surface area contributed by atoms with Crippen LogP contribution >= 0.6 is 0 Å². The molecule has 0 aliphatic rings. The fourth-order valence-electron chi connectivity index (χ4n) is 1.59. The van der Waals surface area contributed by atoms with Gasteiger partial charge in [-0.05, 0) is 30.3 Å². The molecule has 0 heterocycles. The number of carbonyl (C=O) groups is 1. The normalized spacial score (nSPS) is 10.4. The van der Waals surface area contributed by atoms with Crippen LogP contribution in [-0.2, 0) is 0 Å². The number of rotatable bonds is 6. The van der Waals surface area contributed by atoms with Crippen molar-refractivity contribution in [1.82, 2.24) is 0 Å². The molecule has 2 aromatic rings. The van der Waals surface area contributed by atoms with Crippen LogP contribution in [0.25, 0.3) is 0 Å². The van der Waals surface area contributed by atoms with Gasteiger partial charge >= 0.3 is 0 Å². The zero-order valence-corrected chi connectivity index (χ0v) is 11.5. The van der Waals surface area contributed by atoms with Gasteiger partial charge < -0.3 is 9.57 Å². The Hall–Kier alpha value is -3.29. The first-order valence-corrected chi connectivity index (χ1v) is 6.10. The second kappa shape index (κ2) is 6.93. The van der Waals surface area contributed by atoms with Crippen LogP contribution in [0.15, 0.2) is 52.9 Å². The Morgan fingerprint density at radius 2 is 1.86 bits per heavy atom. The minimum atomic E-state index is -0.503. The smallest absolute Gasteiger partial charge is 0.269 e. The molecule has 8 nitrogen and oxygen atoms in total. The van der Waals surface area contributed by atoms with Crippen LogP contribution in [-0.4, -0.2) is 18.3 Å². The average molecular weight is 301 g/mol. The molecule has 0 N–H and O–H groups in total. The van der Waals surface area contributed by atoms with Crippen LogP contribution in [0.2, 0.25) is 0 Å². The van der Waals surface area contributed by atoms with Crippen LogP contribution in [0, 0.1) is 10.1 Å². The summed E-state index contributed by atoms with van der Waals surface area (Å²) in [6.45, 7) is 0. The monoisotopic (exact) mass is 301 g/mol. The minimum absolute atomic E-state index is 0.0361. The fourth-order valence-corrected chi connectivity index (χ4v) is 1.59. The van der Waals surface area contributed by atoms with Gasteiger partial charge in [0.05, 0.1) is 17.7 Å². The molecule has 0 spiro atoms. The lowest BCUT2D eigenvalue weighted by Crippen LogP contribution is -1.91. The number of non-ortho nitro benzene ring substituents is 1. The van der Waals surface area contributed by atoms with E-state index >= 15 is 0 Å². The van der Waals surface area contributed by atoms with Crippen molar-refractivity contribution in [2.75, 3.05) is 7.11 Å². The highest BCUT2D eigenvalue weighted by Crippen LogP contribution is 2.28. The summed E-state index contributed by atoms with van der Waals surface area (Å²) in [5.74, 6) is 0.631. The molecule has 0 radical (unpaired) electrons. The molecule has 2 rings (SSSR count). The van der Waals surface area contributed by atoms with Gasteiger partial charge in [-0.25, -0.2) is 0 Å². The summed E-state index contributed by atoms with van der Waals surface area (Å²) in [5, 5.41) is 17.8. The lowest BCUT2D eigenvalue weighted by atomic mass is 10.2. The predicted octanol–water partition coefficient (Wildman–Crippen LogP) is 3.49. The molecule has 0 amide bonds. The summed E-state index contributed by atoms with van der Waals surface area (Å²) in [4.78, 5) is 25.8. The summed E-state index contributed by atoms with van der Waals surface area (Å²) >= 11 is 0. The number of methoxy groups -OCH3 is 1. The number of ether oxygens (including phenoxy) is 1. The molecule has 0 aliphatic heterocycles. The third-order valence-electron chi connectivity index (χ3n) is 2.68. The van der Waals surface area contributed by atoms with Crippen molar-refractivity contribution in [2.45, 2.75) is 0 Å². The lowest BCUT2D eigenvalue weighted by Gasteiger charge is -2.05. The van der Waals surface area contributed by atoms with Crippen molar-refractivity contribution in [3.8, 4) is 11.5 Å². The summed E-state index contributed by atoms with van der Waals surface area (Å²) < 4.78 is 5.07. The molecule has 2 aromatic carbocycles. The molecule has 0 fully saturated rings. The summed E-state index contributed by atoms with van der Waals surface area (Å²) in [6.07, 6.45) is 0.685. The van der Waals surface area contributed by atoms with Crippen molar-refractivity contribution in [3.63, 3.8) is 0 Å². The molecule has 112 valence electrons.